The van der Waals surface area contributed by atoms with Crippen LogP contribution in [0.25, 0.3) is 0 Å². The number of thiophene rings is 1. The SMILES string of the molecule is CCCCN(CC(=O)N(Cc1ccccc1)Cc1cccs1)C(=O)c1cccc([N+](=O)[O-])c1. The van der Waals surface area contributed by atoms with Gasteiger partial charge in [0.2, 0.25) is 5.91 Å². The van der Waals surface area contributed by atoms with Crippen molar-refractivity contribution in [1.82, 2.24) is 9.80 Å². The molecule has 0 unspecified atom stereocenters. The minimum absolute atomic E-state index is 0.0836. The molecule has 0 aliphatic heterocycles. The number of hydrogen-bond donors (Lipinski definition) is 0. The van der Waals surface area contributed by atoms with Crippen LogP contribution in [0.3, 0.4) is 0 Å². The minimum atomic E-state index is -0.527. The summed E-state index contributed by atoms with van der Waals surface area (Å²) in [7, 11) is 0. The molecule has 7 nitrogen and oxygen atoms in total. The Morgan fingerprint density at radius 3 is 2.42 bits per heavy atom. The summed E-state index contributed by atoms with van der Waals surface area (Å²) >= 11 is 1.58. The molecule has 0 aliphatic rings. The molecule has 0 aliphatic carbocycles. The molecule has 0 atom stereocenters. The molecule has 2 aromatic carbocycles. The van der Waals surface area contributed by atoms with E-state index < -0.39 is 4.92 Å². The van der Waals surface area contributed by atoms with Crippen LogP contribution in [0, 0.1) is 10.1 Å². The van der Waals surface area contributed by atoms with E-state index >= 15 is 0 Å². The van der Waals surface area contributed by atoms with Crippen LogP contribution >= 0.6 is 11.3 Å². The highest BCUT2D eigenvalue weighted by Gasteiger charge is 2.24. The van der Waals surface area contributed by atoms with E-state index in [4.69, 9.17) is 0 Å². The van der Waals surface area contributed by atoms with Crippen LogP contribution in [-0.2, 0) is 17.9 Å². The average molecular weight is 466 g/mol. The van der Waals surface area contributed by atoms with Gasteiger partial charge in [0.05, 0.1) is 11.5 Å². The van der Waals surface area contributed by atoms with Crippen molar-refractivity contribution in [3.8, 4) is 0 Å². The maximum Gasteiger partial charge on any atom is 0.270 e. The Balaban J connectivity index is 1.81. The van der Waals surface area contributed by atoms with E-state index in [0.717, 1.165) is 23.3 Å². The summed E-state index contributed by atoms with van der Waals surface area (Å²) in [5.74, 6) is -0.543. The van der Waals surface area contributed by atoms with Crippen molar-refractivity contribution >= 4 is 28.8 Å². The van der Waals surface area contributed by atoms with Crippen LogP contribution in [0.1, 0.15) is 40.6 Å². The van der Waals surface area contributed by atoms with Crippen LogP contribution in [0.2, 0.25) is 0 Å². The van der Waals surface area contributed by atoms with Crippen LogP contribution in [0.5, 0.6) is 0 Å². The monoisotopic (exact) mass is 465 g/mol. The van der Waals surface area contributed by atoms with Crippen LogP contribution < -0.4 is 0 Å². The van der Waals surface area contributed by atoms with Crippen molar-refractivity contribution < 1.29 is 14.5 Å². The van der Waals surface area contributed by atoms with Crippen LogP contribution in [0.15, 0.2) is 72.1 Å². The van der Waals surface area contributed by atoms with Gasteiger partial charge in [-0.15, -0.1) is 11.3 Å². The molecule has 8 heteroatoms. The molecular formula is C25H27N3O4S. The number of carbonyl (C=O) groups excluding carboxylic acids is 2. The van der Waals surface area contributed by atoms with Gasteiger partial charge in [0.15, 0.2) is 0 Å². The van der Waals surface area contributed by atoms with Gasteiger partial charge in [-0.2, -0.15) is 0 Å². The summed E-state index contributed by atoms with van der Waals surface area (Å²) in [5.41, 5.74) is 1.07. The molecular weight excluding hydrogens is 438 g/mol. The van der Waals surface area contributed by atoms with E-state index in [1.807, 2.05) is 54.8 Å². The highest BCUT2D eigenvalue weighted by Crippen LogP contribution is 2.18. The van der Waals surface area contributed by atoms with Gasteiger partial charge >= 0.3 is 0 Å². The van der Waals surface area contributed by atoms with E-state index in [-0.39, 0.29) is 29.6 Å². The second kappa shape index (κ2) is 11.9. The van der Waals surface area contributed by atoms with E-state index in [2.05, 4.69) is 0 Å². The largest absolute Gasteiger partial charge is 0.332 e. The van der Waals surface area contributed by atoms with Gasteiger partial charge < -0.3 is 9.80 Å². The first-order valence-corrected chi connectivity index (χ1v) is 11.7. The lowest BCUT2D eigenvalue weighted by Crippen LogP contribution is -2.42. The van der Waals surface area contributed by atoms with Gasteiger partial charge in [0, 0.05) is 35.7 Å². The third-order valence-electron chi connectivity index (χ3n) is 5.19. The van der Waals surface area contributed by atoms with E-state index in [9.17, 15) is 19.7 Å². The van der Waals surface area contributed by atoms with Gasteiger partial charge in [-0.25, -0.2) is 0 Å². The number of hydrogen-bond acceptors (Lipinski definition) is 5. The first kappa shape index (κ1) is 24.1. The Morgan fingerprint density at radius 1 is 0.970 bits per heavy atom. The number of rotatable bonds is 11. The second-order valence-electron chi connectivity index (χ2n) is 7.70. The lowest BCUT2D eigenvalue weighted by molar-refractivity contribution is -0.384. The topological polar surface area (TPSA) is 83.8 Å². The molecule has 0 saturated heterocycles. The molecule has 2 amide bonds. The Labute approximate surface area is 197 Å². The number of nitrogens with zero attached hydrogens (tertiary/aromatic N) is 3. The second-order valence-corrected chi connectivity index (χ2v) is 8.73. The number of unbranched alkanes of at least 4 members (excludes halogenated alkanes) is 1. The highest BCUT2D eigenvalue weighted by atomic mass is 32.1. The summed E-state index contributed by atoms with van der Waals surface area (Å²) in [6.07, 6.45) is 1.59. The number of benzene rings is 2. The first-order chi connectivity index (χ1) is 16.0. The van der Waals surface area contributed by atoms with Gasteiger partial charge in [-0.05, 0) is 29.5 Å². The normalized spacial score (nSPS) is 10.6. The predicted molar refractivity (Wildman–Crippen MR) is 129 cm³/mol. The first-order valence-electron chi connectivity index (χ1n) is 10.9. The number of nitro benzene ring substituents is 1. The van der Waals surface area contributed by atoms with Crippen molar-refractivity contribution in [2.45, 2.75) is 32.9 Å². The summed E-state index contributed by atoms with van der Waals surface area (Å²) in [6.45, 7) is 3.22. The molecule has 0 radical (unpaired) electrons. The molecule has 0 saturated carbocycles. The summed E-state index contributed by atoms with van der Waals surface area (Å²) in [6, 6.07) is 19.3. The Bertz CT molecular complexity index is 1070. The Kier molecular flexibility index (Phi) is 8.71. The maximum atomic E-state index is 13.4. The predicted octanol–water partition coefficient (Wildman–Crippen LogP) is 5.13. The number of non-ortho nitro benzene ring substituents is 1. The highest BCUT2D eigenvalue weighted by molar-refractivity contribution is 7.09. The third-order valence-corrected chi connectivity index (χ3v) is 6.06. The quantitative estimate of drug-likeness (QED) is 0.290. The molecule has 3 aromatic rings. The number of carbonyl (C=O) groups is 2. The fourth-order valence-corrected chi connectivity index (χ4v) is 4.15. The van der Waals surface area contributed by atoms with Crippen molar-refractivity contribution in [2.75, 3.05) is 13.1 Å². The zero-order chi connectivity index (χ0) is 23.6. The Hall–Kier alpha value is -3.52. The third kappa shape index (κ3) is 6.98. The lowest BCUT2D eigenvalue weighted by atomic mass is 10.1. The number of amides is 2. The number of nitro groups is 1. The van der Waals surface area contributed by atoms with Crippen molar-refractivity contribution in [2.24, 2.45) is 0 Å². The molecule has 0 spiro atoms. The van der Waals surface area contributed by atoms with Gasteiger partial charge in [-0.1, -0.05) is 55.8 Å². The van der Waals surface area contributed by atoms with Crippen molar-refractivity contribution in [3.63, 3.8) is 0 Å². The fraction of sp³-hybridized carbons (Fsp3) is 0.280. The maximum absolute atomic E-state index is 13.4. The molecule has 1 heterocycles. The van der Waals surface area contributed by atoms with Crippen molar-refractivity contribution in [3.05, 3.63) is 98.2 Å². The lowest BCUT2D eigenvalue weighted by Gasteiger charge is -2.28. The minimum Gasteiger partial charge on any atom is -0.332 e. The van der Waals surface area contributed by atoms with Gasteiger partial charge in [-0.3, -0.25) is 19.7 Å². The summed E-state index contributed by atoms with van der Waals surface area (Å²) < 4.78 is 0. The molecule has 33 heavy (non-hydrogen) atoms. The van der Waals surface area contributed by atoms with E-state index in [1.54, 1.807) is 22.3 Å². The molecule has 3 rings (SSSR count). The molecule has 0 fully saturated rings. The van der Waals surface area contributed by atoms with E-state index in [1.165, 1.54) is 23.1 Å². The standard InChI is InChI=1S/C25H27N3O4S/c1-2-3-14-26(25(30)21-11-7-12-22(16-21)28(31)32)19-24(29)27(18-23-13-8-15-33-23)17-20-9-5-4-6-10-20/h4-13,15-16H,2-3,14,17-19H2,1H3. The fourth-order valence-electron chi connectivity index (χ4n) is 3.43. The molecule has 0 N–H and O–H groups in total. The van der Waals surface area contributed by atoms with Gasteiger partial charge in [0.1, 0.15) is 6.54 Å². The summed E-state index contributed by atoms with van der Waals surface area (Å²) in [5, 5.41) is 13.1. The zero-order valence-corrected chi connectivity index (χ0v) is 19.4. The van der Waals surface area contributed by atoms with Gasteiger partial charge in [0.25, 0.3) is 11.6 Å². The van der Waals surface area contributed by atoms with Crippen molar-refractivity contribution in [1.29, 1.82) is 0 Å². The summed E-state index contributed by atoms with van der Waals surface area (Å²) in [4.78, 5) is 41.5. The Morgan fingerprint density at radius 2 is 1.76 bits per heavy atom. The van der Waals surface area contributed by atoms with Crippen LogP contribution in [-0.4, -0.2) is 39.6 Å². The molecule has 1 aromatic heterocycles. The molecule has 172 valence electrons. The van der Waals surface area contributed by atoms with Crippen LogP contribution in [0.4, 0.5) is 5.69 Å². The molecule has 0 bridgehead atoms. The zero-order valence-electron chi connectivity index (χ0n) is 18.6. The smallest absolute Gasteiger partial charge is 0.270 e. The average Bonchev–Trinajstić information content (AvgIpc) is 3.34. The van der Waals surface area contributed by atoms with E-state index in [0.29, 0.717) is 19.6 Å².